The Hall–Kier alpha value is -1.06. The normalized spacial score (nSPS) is 19.6. The highest BCUT2D eigenvalue weighted by molar-refractivity contribution is 5.87. The van der Waals surface area contributed by atoms with Crippen LogP contribution in [-0.4, -0.2) is 23.5 Å². The van der Waals surface area contributed by atoms with Gasteiger partial charge in [0.2, 0.25) is 0 Å². The second kappa shape index (κ2) is 5.29. The first-order valence-electron chi connectivity index (χ1n) is 6.64. The Labute approximate surface area is 109 Å². The molecule has 0 aromatic carbocycles. The summed E-state index contributed by atoms with van der Waals surface area (Å²) in [6, 6.07) is -0.475. The molecule has 0 aromatic heterocycles. The summed E-state index contributed by atoms with van der Waals surface area (Å²) < 4.78 is 5.13. The SMILES string of the molecule is CC(NC(=O)OC(C)(C)C)C(=O)CC1(C)CCC1. The van der Waals surface area contributed by atoms with E-state index in [0.29, 0.717) is 6.42 Å². The van der Waals surface area contributed by atoms with Crippen molar-refractivity contribution in [2.24, 2.45) is 5.41 Å². The van der Waals surface area contributed by atoms with E-state index in [2.05, 4.69) is 12.2 Å². The van der Waals surface area contributed by atoms with Crippen molar-refractivity contribution in [3.63, 3.8) is 0 Å². The maximum absolute atomic E-state index is 12.0. The molecular weight excluding hydrogens is 230 g/mol. The lowest BCUT2D eigenvalue weighted by Gasteiger charge is -2.38. The van der Waals surface area contributed by atoms with Crippen molar-refractivity contribution < 1.29 is 14.3 Å². The molecule has 1 saturated carbocycles. The molecule has 0 saturated heterocycles. The van der Waals surface area contributed by atoms with E-state index in [9.17, 15) is 9.59 Å². The van der Waals surface area contributed by atoms with E-state index in [1.807, 2.05) is 0 Å². The molecule has 0 spiro atoms. The van der Waals surface area contributed by atoms with Crippen molar-refractivity contribution in [3.05, 3.63) is 0 Å². The fourth-order valence-electron chi connectivity index (χ4n) is 2.10. The van der Waals surface area contributed by atoms with Crippen LogP contribution < -0.4 is 5.32 Å². The molecule has 0 heterocycles. The minimum Gasteiger partial charge on any atom is -0.444 e. The van der Waals surface area contributed by atoms with Crippen LogP contribution in [0.3, 0.4) is 0 Å². The van der Waals surface area contributed by atoms with Crippen LogP contribution in [0, 0.1) is 5.41 Å². The quantitative estimate of drug-likeness (QED) is 0.840. The number of carbonyl (C=O) groups excluding carboxylic acids is 2. The number of ether oxygens (including phenoxy) is 1. The van der Waals surface area contributed by atoms with Crippen LogP contribution in [0.1, 0.15) is 60.3 Å². The van der Waals surface area contributed by atoms with Gasteiger partial charge < -0.3 is 10.1 Å². The fourth-order valence-corrected chi connectivity index (χ4v) is 2.10. The number of hydrogen-bond acceptors (Lipinski definition) is 3. The van der Waals surface area contributed by atoms with Gasteiger partial charge in [0.25, 0.3) is 0 Å². The molecule has 18 heavy (non-hydrogen) atoms. The maximum Gasteiger partial charge on any atom is 0.408 e. The highest BCUT2D eigenvalue weighted by Gasteiger charge is 2.35. The standard InChI is InChI=1S/C14H25NO3/c1-10(15-12(17)18-13(2,3)4)11(16)9-14(5)7-6-8-14/h10H,6-9H2,1-5H3,(H,15,17). The van der Waals surface area contributed by atoms with Crippen LogP contribution in [0.2, 0.25) is 0 Å². The predicted molar refractivity (Wildman–Crippen MR) is 70.4 cm³/mol. The van der Waals surface area contributed by atoms with E-state index < -0.39 is 17.7 Å². The lowest BCUT2D eigenvalue weighted by Crippen LogP contribution is -2.43. The highest BCUT2D eigenvalue weighted by Crippen LogP contribution is 2.43. The van der Waals surface area contributed by atoms with Crippen molar-refractivity contribution in [1.29, 1.82) is 0 Å². The third-order valence-corrected chi connectivity index (χ3v) is 3.38. The van der Waals surface area contributed by atoms with E-state index in [1.165, 1.54) is 6.42 Å². The van der Waals surface area contributed by atoms with E-state index in [1.54, 1.807) is 27.7 Å². The number of nitrogens with one attached hydrogen (secondary N) is 1. The summed E-state index contributed by atoms with van der Waals surface area (Å²) in [6.07, 6.45) is 3.44. The molecule has 0 aliphatic heterocycles. The van der Waals surface area contributed by atoms with Gasteiger partial charge in [-0.1, -0.05) is 13.3 Å². The van der Waals surface area contributed by atoms with Crippen LogP contribution in [0.5, 0.6) is 0 Å². The second-order valence-electron chi connectivity index (χ2n) is 6.68. The van der Waals surface area contributed by atoms with E-state index in [0.717, 1.165) is 12.8 Å². The molecule has 1 amide bonds. The predicted octanol–water partition coefficient (Wildman–Crippen LogP) is 3.05. The summed E-state index contributed by atoms with van der Waals surface area (Å²) in [6.45, 7) is 9.25. The molecule has 1 aliphatic carbocycles. The molecular formula is C14H25NO3. The summed E-state index contributed by atoms with van der Waals surface area (Å²) in [7, 11) is 0. The molecule has 104 valence electrons. The van der Waals surface area contributed by atoms with Gasteiger partial charge >= 0.3 is 6.09 Å². The van der Waals surface area contributed by atoms with Crippen molar-refractivity contribution in [3.8, 4) is 0 Å². The average molecular weight is 255 g/mol. The first-order chi connectivity index (χ1) is 8.11. The fraction of sp³-hybridized carbons (Fsp3) is 0.857. The number of ketones is 1. The lowest BCUT2D eigenvalue weighted by molar-refractivity contribution is -0.124. The molecule has 1 rings (SSSR count). The number of hydrogen-bond donors (Lipinski definition) is 1. The van der Waals surface area contributed by atoms with Gasteiger partial charge in [0, 0.05) is 6.42 Å². The third kappa shape index (κ3) is 4.67. The summed E-state index contributed by atoms with van der Waals surface area (Å²) in [5, 5.41) is 2.60. The smallest absolute Gasteiger partial charge is 0.408 e. The van der Waals surface area contributed by atoms with Gasteiger partial charge in [-0.25, -0.2) is 4.79 Å². The molecule has 1 aliphatic rings. The average Bonchev–Trinajstić information content (AvgIpc) is 2.11. The largest absolute Gasteiger partial charge is 0.444 e. The number of amides is 1. The number of rotatable bonds is 4. The molecule has 0 aromatic rings. The highest BCUT2D eigenvalue weighted by atomic mass is 16.6. The molecule has 4 nitrogen and oxygen atoms in total. The summed E-state index contributed by atoms with van der Waals surface area (Å²) >= 11 is 0. The third-order valence-electron chi connectivity index (χ3n) is 3.38. The van der Waals surface area contributed by atoms with Crippen LogP contribution in [0.4, 0.5) is 4.79 Å². The van der Waals surface area contributed by atoms with E-state index >= 15 is 0 Å². The molecule has 1 unspecified atom stereocenters. The summed E-state index contributed by atoms with van der Waals surface area (Å²) in [5.74, 6) is 0.0862. The van der Waals surface area contributed by atoms with Crippen LogP contribution >= 0.6 is 0 Å². The zero-order valence-corrected chi connectivity index (χ0v) is 12.1. The first kappa shape index (κ1) is 15.0. The molecule has 1 N–H and O–H groups in total. The Morgan fingerprint density at radius 1 is 1.33 bits per heavy atom. The van der Waals surface area contributed by atoms with Gasteiger partial charge in [-0.2, -0.15) is 0 Å². The van der Waals surface area contributed by atoms with Crippen LogP contribution in [0.15, 0.2) is 0 Å². The Bertz CT molecular complexity index is 326. The van der Waals surface area contributed by atoms with Gasteiger partial charge in [0.05, 0.1) is 6.04 Å². The van der Waals surface area contributed by atoms with Crippen LogP contribution in [-0.2, 0) is 9.53 Å². The monoisotopic (exact) mass is 255 g/mol. The van der Waals surface area contributed by atoms with Gasteiger partial charge in [-0.15, -0.1) is 0 Å². The Morgan fingerprint density at radius 3 is 2.28 bits per heavy atom. The van der Waals surface area contributed by atoms with Gasteiger partial charge in [-0.3, -0.25) is 4.79 Å². The summed E-state index contributed by atoms with van der Waals surface area (Å²) in [4.78, 5) is 23.5. The topological polar surface area (TPSA) is 55.4 Å². The van der Waals surface area contributed by atoms with E-state index in [4.69, 9.17) is 4.74 Å². The van der Waals surface area contributed by atoms with Crippen molar-refractivity contribution in [1.82, 2.24) is 5.32 Å². The Morgan fingerprint density at radius 2 is 1.89 bits per heavy atom. The molecule has 0 bridgehead atoms. The molecule has 0 radical (unpaired) electrons. The zero-order chi connectivity index (χ0) is 14.0. The van der Waals surface area contributed by atoms with Crippen molar-refractivity contribution in [2.75, 3.05) is 0 Å². The van der Waals surface area contributed by atoms with Gasteiger partial charge in [0.1, 0.15) is 5.60 Å². The van der Waals surface area contributed by atoms with Crippen molar-refractivity contribution in [2.45, 2.75) is 71.9 Å². The minimum absolute atomic E-state index is 0.0862. The first-order valence-corrected chi connectivity index (χ1v) is 6.64. The summed E-state index contributed by atoms with van der Waals surface area (Å²) in [5.41, 5.74) is -0.381. The van der Waals surface area contributed by atoms with Crippen molar-refractivity contribution >= 4 is 11.9 Å². The molecule has 1 atom stereocenters. The van der Waals surface area contributed by atoms with E-state index in [-0.39, 0.29) is 11.2 Å². The maximum atomic E-state index is 12.0. The van der Waals surface area contributed by atoms with Gasteiger partial charge in [0.15, 0.2) is 5.78 Å². The number of alkyl carbamates (subject to hydrolysis) is 1. The number of Topliss-reactive ketones (excluding diaryl/α,β-unsaturated/α-hetero) is 1. The second-order valence-corrected chi connectivity index (χ2v) is 6.68. The Balaban J connectivity index is 2.37. The van der Waals surface area contributed by atoms with Crippen LogP contribution in [0.25, 0.3) is 0 Å². The van der Waals surface area contributed by atoms with Gasteiger partial charge in [-0.05, 0) is 46.0 Å². The molecule has 4 heteroatoms. The molecule has 1 fully saturated rings. The Kier molecular flexibility index (Phi) is 4.41. The minimum atomic E-state index is -0.535. The number of carbonyl (C=O) groups is 2. The zero-order valence-electron chi connectivity index (χ0n) is 12.1. The lowest BCUT2D eigenvalue weighted by atomic mass is 9.67.